The number of nitrogens with two attached hydrogens (primary N) is 1. The van der Waals surface area contributed by atoms with E-state index in [1.54, 1.807) is 31.3 Å². The summed E-state index contributed by atoms with van der Waals surface area (Å²) in [6, 6.07) is 24.5. The quantitative estimate of drug-likeness (QED) is 0.145. The van der Waals surface area contributed by atoms with Gasteiger partial charge in [0, 0.05) is 24.7 Å². The zero-order chi connectivity index (χ0) is 33.8. The average molecular weight is 659 g/mol. The molecule has 2 heterocycles. The van der Waals surface area contributed by atoms with E-state index in [0.717, 1.165) is 15.9 Å². The predicted molar refractivity (Wildman–Crippen MR) is 179 cm³/mol. The van der Waals surface area contributed by atoms with Gasteiger partial charge < -0.3 is 35.0 Å². The number of carbonyl (C=O) groups is 2. The van der Waals surface area contributed by atoms with Gasteiger partial charge in [-0.05, 0) is 27.5 Å². The molecule has 1 aromatic heterocycles. The molecule has 0 unspecified atom stereocenters. The van der Waals surface area contributed by atoms with E-state index in [9.17, 15) is 14.7 Å². The molecule has 4 N–H and O–H groups in total. The SMILES string of the molecule is COc1ccc(CN2C(=O)[C@@H](NC(=O)O)[C@@H]2Cn2nc(CN)c(CO[Si](c3ccccc3)(c3ccccc3)C(C)(C)C)n2)c(OC)c1. The number of hydrogen-bond acceptors (Lipinski definition) is 8. The monoisotopic (exact) mass is 658 g/mol. The third-order valence-electron chi connectivity index (χ3n) is 8.64. The summed E-state index contributed by atoms with van der Waals surface area (Å²) >= 11 is 0. The Bertz CT molecular complexity index is 1650. The smallest absolute Gasteiger partial charge is 0.405 e. The van der Waals surface area contributed by atoms with Gasteiger partial charge in [-0.15, -0.1) is 0 Å². The van der Waals surface area contributed by atoms with Crippen molar-refractivity contribution in [1.29, 1.82) is 0 Å². The molecular formula is C34H42N6O6Si. The molecule has 3 aromatic carbocycles. The molecule has 0 aliphatic carbocycles. The molecular weight excluding hydrogens is 616 g/mol. The maximum Gasteiger partial charge on any atom is 0.405 e. The number of carbonyl (C=O) groups excluding carboxylic acids is 1. The average Bonchev–Trinajstić information content (AvgIpc) is 3.47. The molecule has 1 aliphatic heterocycles. The number of methoxy groups -OCH3 is 2. The third-order valence-corrected chi connectivity index (χ3v) is 13.6. The van der Waals surface area contributed by atoms with Gasteiger partial charge in [-0.25, -0.2) is 4.79 Å². The number of nitrogens with zero attached hydrogens (tertiary/aromatic N) is 4. The summed E-state index contributed by atoms with van der Waals surface area (Å²) in [4.78, 5) is 27.9. The first-order valence-corrected chi connectivity index (χ1v) is 17.3. The van der Waals surface area contributed by atoms with Crippen LogP contribution < -0.4 is 30.9 Å². The zero-order valence-corrected chi connectivity index (χ0v) is 28.3. The lowest BCUT2D eigenvalue weighted by Gasteiger charge is -2.46. The van der Waals surface area contributed by atoms with Crippen LogP contribution in [0.25, 0.3) is 0 Å². The second-order valence-corrected chi connectivity index (χ2v) is 16.7. The Morgan fingerprint density at radius 3 is 2.11 bits per heavy atom. The molecule has 0 spiro atoms. The molecule has 5 rings (SSSR count). The standard InChI is InChI=1S/C34H42N6O6Si/c1-34(2,3)47(25-12-8-6-9-13-25,26-14-10-7-11-15-26)46-22-28-27(19-35)37-40(38-28)21-29-31(36-33(42)43)32(41)39(29)20-23-16-17-24(44-4)18-30(23)45-5/h6-18,29,31,36H,19-22,35H2,1-5H3,(H,42,43)/t29-,31-/m0/s1. The Kier molecular flexibility index (Phi) is 9.98. The van der Waals surface area contributed by atoms with Crippen LogP contribution in [0.2, 0.25) is 5.04 Å². The second-order valence-electron chi connectivity index (χ2n) is 12.4. The highest BCUT2D eigenvalue weighted by Gasteiger charge is 2.51. The van der Waals surface area contributed by atoms with Crippen LogP contribution >= 0.6 is 0 Å². The molecule has 4 aromatic rings. The molecule has 1 aliphatic rings. The van der Waals surface area contributed by atoms with Crippen molar-refractivity contribution < 1.29 is 28.6 Å². The summed E-state index contributed by atoms with van der Waals surface area (Å²) in [5, 5.41) is 23.3. The van der Waals surface area contributed by atoms with E-state index in [2.05, 4.69) is 55.5 Å². The first-order valence-electron chi connectivity index (χ1n) is 15.4. The van der Waals surface area contributed by atoms with Crippen molar-refractivity contribution >= 4 is 30.7 Å². The Morgan fingerprint density at radius 1 is 0.957 bits per heavy atom. The molecule has 248 valence electrons. The molecule has 2 atom stereocenters. The maximum atomic E-state index is 13.2. The summed E-state index contributed by atoms with van der Waals surface area (Å²) in [7, 11) is 0.242. The number of nitrogens with one attached hydrogen (secondary N) is 1. The van der Waals surface area contributed by atoms with Crippen LogP contribution in [0, 0.1) is 0 Å². The van der Waals surface area contributed by atoms with E-state index in [1.807, 2.05) is 42.5 Å². The van der Waals surface area contributed by atoms with Gasteiger partial charge in [0.05, 0.1) is 33.4 Å². The number of β-lactam (4-membered cyclic amide) rings is 1. The van der Waals surface area contributed by atoms with Gasteiger partial charge >= 0.3 is 6.09 Å². The van der Waals surface area contributed by atoms with Crippen LogP contribution in [0.3, 0.4) is 0 Å². The molecule has 0 bridgehead atoms. The number of amides is 2. The minimum absolute atomic E-state index is 0.132. The van der Waals surface area contributed by atoms with Crippen molar-refractivity contribution in [2.24, 2.45) is 5.73 Å². The van der Waals surface area contributed by atoms with Gasteiger partial charge in [-0.2, -0.15) is 15.0 Å². The predicted octanol–water partition coefficient (Wildman–Crippen LogP) is 2.88. The van der Waals surface area contributed by atoms with Gasteiger partial charge in [0.25, 0.3) is 8.32 Å². The summed E-state index contributed by atoms with van der Waals surface area (Å²) < 4.78 is 17.9. The summed E-state index contributed by atoms with van der Waals surface area (Å²) in [5.74, 6) is 0.818. The highest BCUT2D eigenvalue weighted by molar-refractivity contribution is 6.99. The number of carboxylic acid groups (broad SMARTS) is 1. The zero-order valence-electron chi connectivity index (χ0n) is 27.3. The number of ether oxygens (including phenoxy) is 2. The minimum Gasteiger partial charge on any atom is -0.497 e. The lowest BCUT2D eigenvalue weighted by Crippen LogP contribution is -2.71. The fraction of sp³-hybridized carbons (Fsp3) is 0.353. The van der Waals surface area contributed by atoms with Gasteiger partial charge in [0.2, 0.25) is 5.91 Å². The van der Waals surface area contributed by atoms with Crippen LogP contribution in [0.15, 0.2) is 78.9 Å². The van der Waals surface area contributed by atoms with Crippen LogP contribution in [0.4, 0.5) is 4.79 Å². The van der Waals surface area contributed by atoms with Gasteiger partial charge in [0.1, 0.15) is 28.9 Å². The number of hydrogen-bond donors (Lipinski definition) is 3. The number of benzene rings is 3. The third kappa shape index (κ3) is 6.73. The van der Waals surface area contributed by atoms with Gasteiger partial charge in [-0.1, -0.05) is 81.4 Å². The molecule has 47 heavy (non-hydrogen) atoms. The first-order chi connectivity index (χ1) is 22.5. The Hall–Kier alpha value is -4.72. The van der Waals surface area contributed by atoms with E-state index in [-0.39, 0.29) is 37.2 Å². The fourth-order valence-electron chi connectivity index (χ4n) is 6.34. The molecule has 1 fully saturated rings. The summed E-state index contributed by atoms with van der Waals surface area (Å²) in [6.07, 6.45) is -1.29. The van der Waals surface area contributed by atoms with E-state index >= 15 is 0 Å². The van der Waals surface area contributed by atoms with Crippen molar-refractivity contribution in [1.82, 2.24) is 25.2 Å². The Morgan fingerprint density at radius 2 is 1.57 bits per heavy atom. The van der Waals surface area contributed by atoms with E-state index in [0.29, 0.717) is 22.9 Å². The van der Waals surface area contributed by atoms with Crippen molar-refractivity contribution in [2.45, 2.75) is 64.1 Å². The Labute approximate surface area is 275 Å². The summed E-state index contributed by atoms with van der Waals surface area (Å²) in [5.41, 5.74) is 8.06. The topological polar surface area (TPSA) is 154 Å². The van der Waals surface area contributed by atoms with Crippen molar-refractivity contribution in [3.63, 3.8) is 0 Å². The van der Waals surface area contributed by atoms with Crippen molar-refractivity contribution in [2.75, 3.05) is 14.2 Å². The number of likely N-dealkylation sites (tertiary alicyclic amines) is 1. The van der Waals surface area contributed by atoms with E-state index in [4.69, 9.17) is 24.7 Å². The highest BCUT2D eigenvalue weighted by atomic mass is 28.4. The molecule has 0 radical (unpaired) electrons. The fourth-order valence-corrected chi connectivity index (χ4v) is 10.8. The molecule has 2 amide bonds. The van der Waals surface area contributed by atoms with E-state index in [1.165, 1.54) is 4.80 Å². The Balaban J connectivity index is 1.44. The number of rotatable bonds is 13. The van der Waals surface area contributed by atoms with E-state index < -0.39 is 26.5 Å². The highest BCUT2D eigenvalue weighted by Crippen LogP contribution is 2.37. The summed E-state index contributed by atoms with van der Waals surface area (Å²) in [6.45, 7) is 7.25. The van der Waals surface area contributed by atoms with Gasteiger partial charge in [-0.3, -0.25) is 4.79 Å². The first kappa shape index (κ1) is 33.6. The van der Waals surface area contributed by atoms with Crippen molar-refractivity contribution in [3.05, 3.63) is 95.8 Å². The van der Waals surface area contributed by atoms with Crippen LogP contribution in [-0.2, 0) is 35.5 Å². The van der Waals surface area contributed by atoms with Crippen LogP contribution in [0.1, 0.15) is 37.7 Å². The number of aromatic nitrogens is 3. The molecule has 1 saturated heterocycles. The maximum absolute atomic E-state index is 13.2. The largest absolute Gasteiger partial charge is 0.497 e. The molecule has 0 saturated carbocycles. The van der Waals surface area contributed by atoms with Gasteiger partial charge in [0.15, 0.2) is 0 Å². The lowest BCUT2D eigenvalue weighted by molar-refractivity contribution is -0.153. The normalized spacial score (nSPS) is 16.5. The second kappa shape index (κ2) is 14.0. The molecule has 13 heteroatoms. The molecule has 12 nitrogen and oxygen atoms in total. The van der Waals surface area contributed by atoms with Crippen LogP contribution in [0.5, 0.6) is 11.5 Å². The van der Waals surface area contributed by atoms with Crippen LogP contribution in [-0.4, -0.2) is 71.6 Å². The minimum atomic E-state index is -2.86. The van der Waals surface area contributed by atoms with Crippen molar-refractivity contribution in [3.8, 4) is 11.5 Å². The lowest BCUT2D eigenvalue weighted by atomic mass is 9.94.